The Morgan fingerprint density at radius 1 is 0.889 bits per heavy atom. The van der Waals surface area contributed by atoms with Gasteiger partial charge in [-0.25, -0.2) is 0 Å². The number of piperidine rings is 1. The Labute approximate surface area is 113 Å². The van der Waals surface area contributed by atoms with E-state index in [1.54, 1.807) is 0 Å². The molecule has 1 aliphatic carbocycles. The van der Waals surface area contributed by atoms with Crippen molar-refractivity contribution in [1.82, 2.24) is 5.32 Å². The summed E-state index contributed by atoms with van der Waals surface area (Å²) in [4.78, 5) is 0. The Morgan fingerprint density at radius 2 is 1.44 bits per heavy atom. The fourth-order valence-corrected chi connectivity index (χ4v) is 3.54. The van der Waals surface area contributed by atoms with E-state index in [4.69, 9.17) is 4.74 Å². The largest absolute Gasteiger partial charge is 0.375 e. The maximum Gasteiger partial charge on any atom is 0.0603 e. The highest BCUT2D eigenvalue weighted by molar-refractivity contribution is 4.78. The molecule has 2 aliphatic rings. The molecular weight excluding hydrogens is 222 g/mol. The van der Waals surface area contributed by atoms with Gasteiger partial charge in [-0.3, -0.25) is 0 Å². The summed E-state index contributed by atoms with van der Waals surface area (Å²) in [6, 6.07) is 0. The SMILES string of the molecule is CC(C)(C)C[C@H]1CC[C@H](OC2CCNCC2)CC1. The minimum absolute atomic E-state index is 0.493. The lowest BCUT2D eigenvalue weighted by Gasteiger charge is -2.35. The molecule has 0 aromatic rings. The summed E-state index contributed by atoms with van der Waals surface area (Å²) in [5.74, 6) is 0.942. The maximum atomic E-state index is 6.27. The highest BCUT2D eigenvalue weighted by atomic mass is 16.5. The van der Waals surface area contributed by atoms with Gasteiger partial charge in [0, 0.05) is 0 Å². The lowest BCUT2D eigenvalue weighted by atomic mass is 9.77. The van der Waals surface area contributed by atoms with Gasteiger partial charge in [0.1, 0.15) is 0 Å². The molecule has 1 aliphatic heterocycles. The van der Waals surface area contributed by atoms with Crippen molar-refractivity contribution in [1.29, 1.82) is 0 Å². The minimum Gasteiger partial charge on any atom is -0.375 e. The topological polar surface area (TPSA) is 21.3 Å². The molecule has 1 saturated carbocycles. The summed E-state index contributed by atoms with van der Waals surface area (Å²) < 4.78 is 6.27. The van der Waals surface area contributed by atoms with Crippen LogP contribution in [0, 0.1) is 11.3 Å². The first-order valence-electron chi connectivity index (χ1n) is 7.89. The van der Waals surface area contributed by atoms with Crippen LogP contribution in [0.5, 0.6) is 0 Å². The summed E-state index contributed by atoms with van der Waals surface area (Å²) in [7, 11) is 0. The molecule has 1 N–H and O–H groups in total. The molecule has 0 atom stereocenters. The van der Waals surface area contributed by atoms with Crippen LogP contribution in [0.15, 0.2) is 0 Å². The van der Waals surface area contributed by atoms with Crippen LogP contribution in [-0.2, 0) is 4.74 Å². The molecule has 1 heterocycles. The van der Waals surface area contributed by atoms with Gasteiger partial charge < -0.3 is 10.1 Å². The van der Waals surface area contributed by atoms with Gasteiger partial charge in [-0.15, -0.1) is 0 Å². The van der Waals surface area contributed by atoms with Crippen LogP contribution in [0.3, 0.4) is 0 Å². The molecule has 0 amide bonds. The first kappa shape index (κ1) is 14.3. The van der Waals surface area contributed by atoms with E-state index in [2.05, 4.69) is 26.1 Å². The first-order chi connectivity index (χ1) is 8.53. The molecule has 0 spiro atoms. The Balaban J connectivity index is 1.66. The summed E-state index contributed by atoms with van der Waals surface area (Å²) in [6.45, 7) is 9.38. The number of hydrogen-bond acceptors (Lipinski definition) is 2. The molecule has 18 heavy (non-hydrogen) atoms. The Morgan fingerprint density at radius 3 is 2.00 bits per heavy atom. The van der Waals surface area contributed by atoms with E-state index in [0.717, 1.165) is 19.0 Å². The van der Waals surface area contributed by atoms with Crippen LogP contribution >= 0.6 is 0 Å². The van der Waals surface area contributed by atoms with Crippen LogP contribution in [0.1, 0.15) is 65.7 Å². The maximum absolute atomic E-state index is 6.27. The van der Waals surface area contributed by atoms with Gasteiger partial charge in [-0.2, -0.15) is 0 Å². The monoisotopic (exact) mass is 253 g/mol. The normalized spacial score (nSPS) is 31.5. The van der Waals surface area contributed by atoms with Gasteiger partial charge in [0.15, 0.2) is 0 Å². The summed E-state index contributed by atoms with van der Waals surface area (Å²) in [6.07, 6.45) is 10.3. The minimum atomic E-state index is 0.493. The second-order valence-electron chi connectivity index (χ2n) is 7.49. The number of nitrogens with one attached hydrogen (secondary N) is 1. The van der Waals surface area contributed by atoms with E-state index in [0.29, 0.717) is 17.6 Å². The zero-order chi connectivity index (χ0) is 13.0. The zero-order valence-corrected chi connectivity index (χ0v) is 12.5. The average Bonchev–Trinajstić information content (AvgIpc) is 2.31. The second-order valence-corrected chi connectivity index (χ2v) is 7.49. The van der Waals surface area contributed by atoms with Crippen LogP contribution in [-0.4, -0.2) is 25.3 Å². The first-order valence-corrected chi connectivity index (χ1v) is 7.89. The molecule has 0 aromatic carbocycles. The van der Waals surface area contributed by atoms with Crippen molar-refractivity contribution in [2.45, 2.75) is 77.9 Å². The fraction of sp³-hybridized carbons (Fsp3) is 1.00. The third-order valence-electron chi connectivity index (χ3n) is 4.37. The van der Waals surface area contributed by atoms with Crippen molar-refractivity contribution in [3.8, 4) is 0 Å². The van der Waals surface area contributed by atoms with E-state index in [-0.39, 0.29) is 0 Å². The van der Waals surface area contributed by atoms with Crippen molar-refractivity contribution in [2.24, 2.45) is 11.3 Å². The van der Waals surface area contributed by atoms with Gasteiger partial charge in [0.25, 0.3) is 0 Å². The molecule has 106 valence electrons. The lowest BCUT2D eigenvalue weighted by molar-refractivity contribution is -0.0499. The van der Waals surface area contributed by atoms with Gasteiger partial charge in [-0.1, -0.05) is 20.8 Å². The van der Waals surface area contributed by atoms with Gasteiger partial charge in [0.05, 0.1) is 12.2 Å². The van der Waals surface area contributed by atoms with Crippen molar-refractivity contribution >= 4 is 0 Å². The standard InChI is InChI=1S/C16H31NO/c1-16(2,3)12-13-4-6-14(7-5-13)18-15-8-10-17-11-9-15/h13-15,17H,4-12H2,1-3H3/t13-,14-. The molecular formula is C16H31NO. The van der Waals surface area contributed by atoms with Crippen LogP contribution in [0.25, 0.3) is 0 Å². The highest BCUT2D eigenvalue weighted by Crippen LogP contribution is 2.35. The molecule has 2 heteroatoms. The van der Waals surface area contributed by atoms with Crippen LogP contribution in [0.2, 0.25) is 0 Å². The molecule has 2 nitrogen and oxygen atoms in total. The van der Waals surface area contributed by atoms with E-state index in [9.17, 15) is 0 Å². The fourth-order valence-electron chi connectivity index (χ4n) is 3.54. The Bertz CT molecular complexity index is 232. The summed E-state index contributed by atoms with van der Waals surface area (Å²) in [5.41, 5.74) is 0.493. The predicted octanol–water partition coefficient (Wildman–Crippen LogP) is 3.75. The molecule has 0 bridgehead atoms. The molecule has 2 rings (SSSR count). The van der Waals surface area contributed by atoms with Gasteiger partial charge in [0.2, 0.25) is 0 Å². The van der Waals surface area contributed by atoms with Crippen molar-refractivity contribution < 1.29 is 4.74 Å². The summed E-state index contributed by atoms with van der Waals surface area (Å²) >= 11 is 0. The van der Waals surface area contributed by atoms with E-state index < -0.39 is 0 Å². The van der Waals surface area contributed by atoms with Crippen molar-refractivity contribution in [3.63, 3.8) is 0 Å². The van der Waals surface area contributed by atoms with Crippen LogP contribution < -0.4 is 5.32 Å². The molecule has 0 radical (unpaired) electrons. The third kappa shape index (κ3) is 4.89. The average molecular weight is 253 g/mol. The van der Waals surface area contributed by atoms with Gasteiger partial charge >= 0.3 is 0 Å². The molecule has 0 unspecified atom stereocenters. The third-order valence-corrected chi connectivity index (χ3v) is 4.37. The summed E-state index contributed by atoms with van der Waals surface area (Å²) in [5, 5.41) is 3.40. The Kier molecular flexibility index (Phi) is 5.08. The van der Waals surface area contributed by atoms with Crippen LogP contribution in [0.4, 0.5) is 0 Å². The lowest BCUT2D eigenvalue weighted by Crippen LogP contribution is -2.36. The second kappa shape index (κ2) is 6.38. The predicted molar refractivity (Wildman–Crippen MR) is 76.8 cm³/mol. The van der Waals surface area contributed by atoms with Crippen molar-refractivity contribution in [3.05, 3.63) is 0 Å². The Hall–Kier alpha value is -0.0800. The molecule has 0 aromatic heterocycles. The highest BCUT2D eigenvalue weighted by Gasteiger charge is 2.27. The zero-order valence-electron chi connectivity index (χ0n) is 12.5. The van der Waals surface area contributed by atoms with E-state index in [1.165, 1.54) is 44.9 Å². The van der Waals surface area contributed by atoms with Gasteiger partial charge in [-0.05, 0) is 69.4 Å². The number of hydrogen-bond donors (Lipinski definition) is 1. The quantitative estimate of drug-likeness (QED) is 0.827. The number of rotatable bonds is 3. The number of ether oxygens (including phenoxy) is 1. The van der Waals surface area contributed by atoms with Crippen molar-refractivity contribution in [2.75, 3.05) is 13.1 Å². The van der Waals surface area contributed by atoms with E-state index in [1.807, 2.05) is 0 Å². The molecule has 2 fully saturated rings. The van der Waals surface area contributed by atoms with E-state index >= 15 is 0 Å². The molecule has 1 saturated heterocycles. The smallest absolute Gasteiger partial charge is 0.0603 e.